The number of aliphatic hydroxyl groups is 1. The molecule has 0 aromatic heterocycles. The number of nitrogens with zero attached hydrogens (tertiary/aromatic N) is 3. The minimum absolute atomic E-state index is 0.0918. The summed E-state index contributed by atoms with van der Waals surface area (Å²) in [6.07, 6.45) is 11.3. The molecular formula is C33H38N4O3. The molecule has 7 heteroatoms. The normalized spacial score (nSPS) is 25.0. The van der Waals surface area contributed by atoms with E-state index >= 15 is 0 Å². The summed E-state index contributed by atoms with van der Waals surface area (Å²) < 4.78 is 5.23. The summed E-state index contributed by atoms with van der Waals surface area (Å²) >= 11 is 0. The van der Waals surface area contributed by atoms with E-state index in [0.29, 0.717) is 30.7 Å². The minimum atomic E-state index is -0.179. The zero-order valence-corrected chi connectivity index (χ0v) is 24.5. The largest absolute Gasteiger partial charge is 0.515 e. The van der Waals surface area contributed by atoms with Crippen molar-refractivity contribution >= 4 is 23.1 Å². The van der Waals surface area contributed by atoms with Crippen LogP contribution in [0.2, 0.25) is 0 Å². The predicted octanol–water partition coefficient (Wildman–Crippen LogP) is 6.88. The molecule has 0 amide bonds. The smallest absolute Gasteiger partial charge is 0.305 e. The van der Waals surface area contributed by atoms with E-state index in [-0.39, 0.29) is 17.8 Å². The van der Waals surface area contributed by atoms with Gasteiger partial charge in [-0.15, -0.1) is 0 Å². The minimum Gasteiger partial charge on any atom is -0.515 e. The molecule has 208 valence electrons. The maximum absolute atomic E-state index is 12.3. The third kappa shape index (κ3) is 4.78. The molecule has 2 atom stereocenters. The van der Waals surface area contributed by atoms with Crippen LogP contribution in [-0.4, -0.2) is 34.8 Å². The lowest BCUT2D eigenvalue weighted by atomic mass is 9.86. The number of aliphatic imine (C=N–C) groups is 3. The van der Waals surface area contributed by atoms with Crippen molar-refractivity contribution in [2.45, 2.75) is 67.7 Å². The number of hydrogen-bond acceptors (Lipinski definition) is 7. The average molecular weight is 539 g/mol. The van der Waals surface area contributed by atoms with E-state index < -0.39 is 0 Å². The Hall–Kier alpha value is -4.00. The fraction of sp³-hybridized carbons (Fsp3) is 0.394. The van der Waals surface area contributed by atoms with Crippen LogP contribution >= 0.6 is 0 Å². The Labute approximate surface area is 236 Å². The van der Waals surface area contributed by atoms with Crippen LogP contribution in [0.4, 0.5) is 0 Å². The van der Waals surface area contributed by atoms with Crippen LogP contribution in [0.15, 0.2) is 107 Å². The van der Waals surface area contributed by atoms with Gasteiger partial charge in [0.1, 0.15) is 0 Å². The summed E-state index contributed by atoms with van der Waals surface area (Å²) in [5, 5.41) is 13.9. The zero-order chi connectivity index (χ0) is 28.7. The van der Waals surface area contributed by atoms with E-state index in [0.717, 1.165) is 74.9 Å². The van der Waals surface area contributed by atoms with Crippen LogP contribution < -0.4 is 5.32 Å². The van der Waals surface area contributed by atoms with Gasteiger partial charge in [-0.25, -0.2) is 15.0 Å². The molecule has 0 aromatic carbocycles. The first-order chi connectivity index (χ1) is 19.2. The summed E-state index contributed by atoms with van der Waals surface area (Å²) in [5.41, 5.74) is 13.2. The van der Waals surface area contributed by atoms with Gasteiger partial charge in [0.15, 0.2) is 0 Å². The van der Waals surface area contributed by atoms with E-state index in [1.807, 2.05) is 19.9 Å². The fourth-order valence-corrected chi connectivity index (χ4v) is 6.03. The zero-order valence-electron chi connectivity index (χ0n) is 24.5. The highest BCUT2D eigenvalue weighted by Crippen LogP contribution is 2.41. The molecule has 5 aliphatic heterocycles. The van der Waals surface area contributed by atoms with Gasteiger partial charge < -0.3 is 15.2 Å². The van der Waals surface area contributed by atoms with Crippen molar-refractivity contribution in [2.24, 2.45) is 26.8 Å². The molecule has 0 aromatic rings. The molecule has 1 fully saturated rings. The Bertz CT molecular complexity index is 1530. The third-order valence-electron chi connectivity index (χ3n) is 8.51. The van der Waals surface area contributed by atoms with Gasteiger partial charge in [-0.1, -0.05) is 13.8 Å². The lowest BCUT2D eigenvalue weighted by Gasteiger charge is -2.17. The molecule has 0 aliphatic carbocycles. The number of nitrogens with one attached hydrogen (secondary N) is 1. The molecule has 2 N–H and O–H groups in total. The van der Waals surface area contributed by atoms with Crippen LogP contribution in [0.25, 0.3) is 0 Å². The van der Waals surface area contributed by atoms with Crippen molar-refractivity contribution in [3.05, 3.63) is 92.5 Å². The van der Waals surface area contributed by atoms with Gasteiger partial charge in [0.2, 0.25) is 0 Å². The quantitative estimate of drug-likeness (QED) is 0.295. The standard InChI is InChI=1S/C33H38N4O3/c1-8-22-18(4)28-15-31-24(16-38)20(6)27(36-31)14-29-19(5)23(10-11-32(39)40-9-2)33(37-29)21(7)26-12-17(3)25(34-26)13-30(22)35-28/h12-16,19,23,37-38H,8-11H2,1-7H3/b24-16+,25-13?,28-15?,29-14?,33-21?/t19-,23-/m0/s1. The van der Waals surface area contributed by atoms with Crippen LogP contribution in [-0.2, 0) is 9.53 Å². The number of aliphatic hydroxyl groups excluding tert-OH is 1. The van der Waals surface area contributed by atoms with Gasteiger partial charge in [-0.2, -0.15) is 0 Å². The molecule has 8 bridgehead atoms. The van der Waals surface area contributed by atoms with E-state index in [4.69, 9.17) is 19.7 Å². The van der Waals surface area contributed by atoms with Crippen molar-refractivity contribution < 1.29 is 14.6 Å². The maximum Gasteiger partial charge on any atom is 0.305 e. The average Bonchev–Trinajstić information content (AvgIpc) is 3.62. The molecular weight excluding hydrogens is 500 g/mol. The summed E-state index contributed by atoms with van der Waals surface area (Å²) in [7, 11) is 0. The third-order valence-corrected chi connectivity index (χ3v) is 8.51. The SMILES string of the molecule is CCOC(=O)CC[C@@H]1C2=C(C)C3=NC(=CC4=NC(=CC5=NC(=C(C)/C5=C\O)C=C(N2)[C@H]1C)C(C)=C4CC)C(C)=C3. The first-order valence-electron chi connectivity index (χ1n) is 14.2. The molecule has 5 rings (SSSR count). The van der Waals surface area contributed by atoms with E-state index in [9.17, 15) is 9.90 Å². The number of allylic oxidation sites excluding steroid dienone is 12. The van der Waals surface area contributed by atoms with Crippen molar-refractivity contribution in [3.63, 3.8) is 0 Å². The van der Waals surface area contributed by atoms with Crippen molar-refractivity contribution in [2.75, 3.05) is 6.61 Å². The summed E-state index contributed by atoms with van der Waals surface area (Å²) in [6, 6.07) is 0. The number of carbonyl (C=O) groups excluding carboxylic acids is 1. The lowest BCUT2D eigenvalue weighted by molar-refractivity contribution is -0.143. The lowest BCUT2D eigenvalue weighted by Crippen LogP contribution is -2.15. The van der Waals surface area contributed by atoms with Crippen LogP contribution in [0.3, 0.4) is 0 Å². The Morgan fingerprint density at radius 2 is 1.68 bits per heavy atom. The molecule has 1 saturated heterocycles. The second kappa shape index (κ2) is 10.9. The van der Waals surface area contributed by atoms with Gasteiger partial charge in [-0.05, 0) is 99.6 Å². The summed E-state index contributed by atoms with van der Waals surface area (Å²) in [5.74, 6) is 0.0339. The summed E-state index contributed by atoms with van der Waals surface area (Å²) in [6.45, 7) is 14.8. The van der Waals surface area contributed by atoms with Crippen LogP contribution in [0.5, 0.6) is 0 Å². The van der Waals surface area contributed by atoms with Crippen molar-refractivity contribution in [1.29, 1.82) is 0 Å². The van der Waals surface area contributed by atoms with Gasteiger partial charge >= 0.3 is 5.97 Å². The Morgan fingerprint density at radius 1 is 0.950 bits per heavy atom. The first-order valence-corrected chi connectivity index (χ1v) is 14.2. The second-order valence-corrected chi connectivity index (χ2v) is 10.9. The highest BCUT2D eigenvalue weighted by atomic mass is 16.5. The molecule has 0 saturated carbocycles. The number of rotatable bonds is 5. The molecule has 40 heavy (non-hydrogen) atoms. The Morgan fingerprint density at radius 3 is 2.38 bits per heavy atom. The topological polar surface area (TPSA) is 95.6 Å². The Kier molecular flexibility index (Phi) is 7.49. The van der Waals surface area contributed by atoms with E-state index in [2.05, 4.69) is 58.2 Å². The first kappa shape index (κ1) is 27.6. The number of ether oxygens (including phenoxy) is 1. The van der Waals surface area contributed by atoms with Crippen LogP contribution in [0.1, 0.15) is 67.7 Å². The van der Waals surface area contributed by atoms with Gasteiger partial charge in [-0.3, -0.25) is 4.79 Å². The predicted molar refractivity (Wildman–Crippen MR) is 161 cm³/mol. The summed E-state index contributed by atoms with van der Waals surface area (Å²) in [4.78, 5) is 27.3. The Balaban J connectivity index is 1.70. The number of hydrogen-bond donors (Lipinski definition) is 2. The monoisotopic (exact) mass is 538 g/mol. The highest BCUT2D eigenvalue weighted by Gasteiger charge is 2.36. The van der Waals surface area contributed by atoms with E-state index in [1.54, 1.807) is 0 Å². The number of esters is 1. The van der Waals surface area contributed by atoms with Gasteiger partial charge in [0, 0.05) is 35.2 Å². The molecule has 0 spiro atoms. The van der Waals surface area contributed by atoms with Crippen molar-refractivity contribution in [1.82, 2.24) is 5.32 Å². The number of carbonyl (C=O) groups is 1. The molecule has 5 aliphatic rings. The van der Waals surface area contributed by atoms with Crippen molar-refractivity contribution in [3.8, 4) is 0 Å². The van der Waals surface area contributed by atoms with Crippen LogP contribution in [0, 0.1) is 11.8 Å². The highest BCUT2D eigenvalue weighted by molar-refractivity contribution is 6.18. The maximum atomic E-state index is 12.3. The number of fused-ring (bicyclic) bond motifs is 5. The second-order valence-electron chi connectivity index (χ2n) is 10.9. The fourth-order valence-electron chi connectivity index (χ4n) is 6.03. The van der Waals surface area contributed by atoms with E-state index in [1.165, 1.54) is 5.57 Å². The molecule has 7 nitrogen and oxygen atoms in total. The van der Waals surface area contributed by atoms with Gasteiger partial charge in [0.25, 0.3) is 0 Å². The molecule has 0 unspecified atom stereocenters. The molecule has 0 radical (unpaired) electrons. The molecule has 5 heterocycles. The van der Waals surface area contributed by atoms with Gasteiger partial charge in [0.05, 0.1) is 47.1 Å².